The molecule has 0 aromatic heterocycles. The Morgan fingerprint density at radius 3 is 2.23 bits per heavy atom. The first-order valence-corrected chi connectivity index (χ1v) is 6.70. The van der Waals surface area contributed by atoms with Gasteiger partial charge < -0.3 is 25.2 Å². The van der Waals surface area contributed by atoms with E-state index in [1.54, 1.807) is 30.4 Å². The molecule has 5 heteroatoms. The van der Waals surface area contributed by atoms with Crippen LogP contribution in [0.5, 0.6) is 17.2 Å². The van der Waals surface area contributed by atoms with Crippen molar-refractivity contribution >= 4 is 12.2 Å². The highest BCUT2D eigenvalue weighted by molar-refractivity contribution is 5.72. The minimum atomic E-state index is -0.213. The van der Waals surface area contributed by atoms with Crippen molar-refractivity contribution in [2.24, 2.45) is 0 Å². The molecule has 0 fully saturated rings. The van der Waals surface area contributed by atoms with Gasteiger partial charge in [-0.1, -0.05) is 18.2 Å². The molecule has 0 atom stereocenters. The van der Waals surface area contributed by atoms with Crippen LogP contribution in [0.3, 0.4) is 0 Å². The van der Waals surface area contributed by atoms with E-state index in [0.717, 1.165) is 5.56 Å². The van der Waals surface area contributed by atoms with Crippen LogP contribution in [0.15, 0.2) is 30.3 Å². The fourth-order valence-corrected chi connectivity index (χ4v) is 2.16. The van der Waals surface area contributed by atoms with Crippen LogP contribution in [-0.4, -0.2) is 27.5 Å². The van der Waals surface area contributed by atoms with E-state index in [-0.39, 0.29) is 24.7 Å². The predicted molar refractivity (Wildman–Crippen MR) is 83.5 cm³/mol. The zero-order chi connectivity index (χ0) is 16.1. The minimum Gasteiger partial charge on any atom is -0.504 e. The first-order chi connectivity index (χ1) is 10.6. The van der Waals surface area contributed by atoms with E-state index >= 15 is 0 Å². The molecule has 0 saturated heterocycles. The molecule has 0 heterocycles. The lowest BCUT2D eigenvalue weighted by Crippen LogP contribution is -1.99. The first kappa shape index (κ1) is 15.9. The van der Waals surface area contributed by atoms with E-state index in [4.69, 9.17) is 4.74 Å². The maximum atomic E-state index is 9.47. The van der Waals surface area contributed by atoms with Gasteiger partial charge in [0.2, 0.25) is 0 Å². The molecule has 0 amide bonds. The van der Waals surface area contributed by atoms with Crippen LogP contribution in [0.25, 0.3) is 12.2 Å². The Bertz CT molecular complexity index is 666. The molecule has 5 nitrogen and oxygen atoms in total. The summed E-state index contributed by atoms with van der Waals surface area (Å²) in [6.45, 7) is -0.414. The van der Waals surface area contributed by atoms with Gasteiger partial charge in [0, 0.05) is 5.56 Å². The number of benzene rings is 2. The van der Waals surface area contributed by atoms with Crippen molar-refractivity contribution in [3.05, 3.63) is 52.6 Å². The highest BCUT2D eigenvalue weighted by atomic mass is 16.5. The quantitative estimate of drug-likeness (QED) is 0.502. The molecule has 0 spiro atoms. The lowest BCUT2D eigenvalue weighted by molar-refractivity contribution is 0.254. The Kier molecular flexibility index (Phi) is 5.04. The summed E-state index contributed by atoms with van der Waals surface area (Å²) in [5, 5.41) is 37.5. The Morgan fingerprint density at radius 1 is 0.909 bits per heavy atom. The summed E-state index contributed by atoms with van der Waals surface area (Å²) in [7, 11) is 1.50. The molecule has 0 saturated carbocycles. The summed E-state index contributed by atoms with van der Waals surface area (Å²) in [5.74, 6) is 0.141. The van der Waals surface area contributed by atoms with Crippen LogP contribution in [0, 0.1) is 0 Å². The number of hydrogen-bond donors (Lipinski definition) is 4. The van der Waals surface area contributed by atoms with Crippen LogP contribution >= 0.6 is 0 Å². The number of methoxy groups -OCH3 is 1. The van der Waals surface area contributed by atoms with Gasteiger partial charge in [0.15, 0.2) is 11.5 Å². The second-order valence-electron chi connectivity index (χ2n) is 4.76. The number of phenols is 2. The minimum absolute atomic E-state index is 0.173. The number of aromatic hydroxyl groups is 2. The third-order valence-electron chi connectivity index (χ3n) is 3.34. The van der Waals surface area contributed by atoms with Crippen molar-refractivity contribution in [3.8, 4) is 17.2 Å². The normalized spacial score (nSPS) is 11.0. The van der Waals surface area contributed by atoms with E-state index < -0.39 is 0 Å². The zero-order valence-corrected chi connectivity index (χ0v) is 12.2. The van der Waals surface area contributed by atoms with Crippen LogP contribution in [0.2, 0.25) is 0 Å². The Morgan fingerprint density at radius 2 is 1.64 bits per heavy atom. The number of aliphatic hydroxyl groups excluding tert-OH is 2. The second-order valence-corrected chi connectivity index (χ2v) is 4.76. The first-order valence-electron chi connectivity index (χ1n) is 6.70. The number of ether oxygens (including phenoxy) is 1. The van der Waals surface area contributed by atoms with Gasteiger partial charge in [-0.05, 0) is 41.0 Å². The summed E-state index contributed by atoms with van der Waals surface area (Å²) >= 11 is 0. The second kappa shape index (κ2) is 6.98. The largest absolute Gasteiger partial charge is 0.504 e. The highest BCUT2D eigenvalue weighted by Crippen LogP contribution is 2.28. The Balaban J connectivity index is 2.36. The van der Waals surface area contributed by atoms with Gasteiger partial charge in [0.25, 0.3) is 0 Å². The fraction of sp³-hybridized carbons (Fsp3) is 0.176. The van der Waals surface area contributed by atoms with Gasteiger partial charge in [0.05, 0.1) is 20.3 Å². The van der Waals surface area contributed by atoms with Crippen molar-refractivity contribution in [2.45, 2.75) is 13.2 Å². The standard InChI is InChI=1S/C17H18O5/c1-22-17-8-12(6-13(9-18)14(17)10-19)3-2-11-4-5-15(20)16(21)7-11/h2-8,18-21H,9-10H2,1H3. The van der Waals surface area contributed by atoms with E-state index in [2.05, 4.69) is 0 Å². The SMILES string of the molecule is COc1cc(C=Cc2ccc(O)c(O)c2)cc(CO)c1CO. The molecular formula is C17H18O5. The monoisotopic (exact) mass is 302 g/mol. The molecule has 0 aliphatic heterocycles. The van der Waals surface area contributed by atoms with Gasteiger partial charge >= 0.3 is 0 Å². The molecular weight excluding hydrogens is 284 g/mol. The Labute approximate surface area is 128 Å². The molecule has 0 aliphatic carbocycles. The van der Waals surface area contributed by atoms with Crippen molar-refractivity contribution < 1.29 is 25.2 Å². The summed E-state index contributed by atoms with van der Waals surface area (Å²) in [5.41, 5.74) is 2.65. The number of aliphatic hydroxyl groups is 2. The van der Waals surface area contributed by atoms with Gasteiger partial charge in [0.1, 0.15) is 5.75 Å². The predicted octanol–water partition coefficient (Wildman–Crippen LogP) is 2.26. The molecule has 0 bridgehead atoms. The smallest absolute Gasteiger partial charge is 0.157 e. The zero-order valence-electron chi connectivity index (χ0n) is 12.2. The van der Waals surface area contributed by atoms with Gasteiger partial charge in [-0.2, -0.15) is 0 Å². The number of phenolic OH excluding ortho intramolecular Hbond substituents is 2. The van der Waals surface area contributed by atoms with Crippen LogP contribution in [0.1, 0.15) is 22.3 Å². The molecule has 2 aromatic carbocycles. The van der Waals surface area contributed by atoms with Crippen molar-refractivity contribution in [1.29, 1.82) is 0 Å². The van der Waals surface area contributed by atoms with Crippen molar-refractivity contribution in [3.63, 3.8) is 0 Å². The van der Waals surface area contributed by atoms with E-state index in [9.17, 15) is 20.4 Å². The summed E-state index contributed by atoms with van der Waals surface area (Å²) in [6, 6.07) is 8.02. The number of rotatable bonds is 5. The van der Waals surface area contributed by atoms with E-state index in [1.165, 1.54) is 19.2 Å². The van der Waals surface area contributed by atoms with Gasteiger partial charge in [-0.15, -0.1) is 0 Å². The summed E-state index contributed by atoms with van der Waals surface area (Å²) in [6.07, 6.45) is 3.54. The topological polar surface area (TPSA) is 90.2 Å². The Hall–Kier alpha value is -2.50. The van der Waals surface area contributed by atoms with E-state index in [1.807, 2.05) is 0 Å². The third kappa shape index (κ3) is 3.39. The maximum Gasteiger partial charge on any atom is 0.157 e. The number of hydrogen-bond acceptors (Lipinski definition) is 5. The summed E-state index contributed by atoms with van der Waals surface area (Å²) < 4.78 is 5.23. The van der Waals surface area contributed by atoms with E-state index in [0.29, 0.717) is 22.4 Å². The summed E-state index contributed by atoms with van der Waals surface area (Å²) in [4.78, 5) is 0. The van der Waals surface area contributed by atoms with Crippen molar-refractivity contribution in [1.82, 2.24) is 0 Å². The average Bonchev–Trinajstić information content (AvgIpc) is 2.54. The highest BCUT2D eigenvalue weighted by Gasteiger charge is 2.09. The van der Waals surface area contributed by atoms with Crippen LogP contribution in [-0.2, 0) is 13.2 Å². The molecule has 0 unspecified atom stereocenters. The fourth-order valence-electron chi connectivity index (χ4n) is 2.16. The lowest BCUT2D eigenvalue weighted by Gasteiger charge is -2.12. The van der Waals surface area contributed by atoms with Crippen LogP contribution in [0.4, 0.5) is 0 Å². The molecule has 0 radical (unpaired) electrons. The van der Waals surface area contributed by atoms with Gasteiger partial charge in [-0.25, -0.2) is 0 Å². The molecule has 0 aliphatic rings. The third-order valence-corrected chi connectivity index (χ3v) is 3.34. The molecule has 2 aromatic rings. The maximum absolute atomic E-state index is 9.47. The van der Waals surface area contributed by atoms with Crippen LogP contribution < -0.4 is 4.74 Å². The molecule has 4 N–H and O–H groups in total. The molecule has 116 valence electrons. The molecule has 22 heavy (non-hydrogen) atoms. The van der Waals surface area contributed by atoms with Gasteiger partial charge in [-0.3, -0.25) is 0 Å². The lowest BCUT2D eigenvalue weighted by atomic mass is 10.0. The average molecular weight is 302 g/mol. The molecule has 2 rings (SSSR count). The van der Waals surface area contributed by atoms with Crippen molar-refractivity contribution in [2.75, 3.05) is 7.11 Å².